The summed E-state index contributed by atoms with van der Waals surface area (Å²) in [5.41, 5.74) is 0.557. The van der Waals surface area contributed by atoms with Gasteiger partial charge in [-0.25, -0.2) is 4.79 Å². The Morgan fingerprint density at radius 1 is 1.26 bits per heavy atom. The number of carbonyl (C=O) groups is 1. The van der Waals surface area contributed by atoms with Crippen LogP contribution < -0.4 is 15.7 Å². The number of hydrogen-bond acceptors (Lipinski definition) is 8. The number of ether oxygens (including phenoxy) is 2. The molecule has 1 fully saturated rings. The molecule has 1 aliphatic rings. The number of amides is 1. The third-order valence-electron chi connectivity index (χ3n) is 4.43. The van der Waals surface area contributed by atoms with Gasteiger partial charge in [-0.1, -0.05) is 0 Å². The number of hydrogen-bond donors (Lipinski definition) is 4. The van der Waals surface area contributed by atoms with Gasteiger partial charge in [0.05, 0.1) is 6.61 Å². The maximum absolute atomic E-state index is 11.6. The van der Waals surface area contributed by atoms with Crippen LogP contribution in [0.2, 0.25) is 0 Å². The number of nitrogens with one attached hydrogen (secondary N) is 1. The fourth-order valence-corrected chi connectivity index (χ4v) is 3.08. The molecule has 9 heteroatoms. The number of fused-ring (bicyclic) bond motifs is 1. The second kappa shape index (κ2) is 7.65. The highest BCUT2D eigenvalue weighted by molar-refractivity contribution is 5.81. The summed E-state index contributed by atoms with van der Waals surface area (Å²) in [5.74, 6) is -0.192. The van der Waals surface area contributed by atoms with Gasteiger partial charge in [-0.15, -0.1) is 0 Å². The summed E-state index contributed by atoms with van der Waals surface area (Å²) in [6.45, 7) is 2.48. The van der Waals surface area contributed by atoms with Gasteiger partial charge in [-0.2, -0.15) is 0 Å². The summed E-state index contributed by atoms with van der Waals surface area (Å²) in [4.78, 5) is 23.0. The maximum atomic E-state index is 11.6. The van der Waals surface area contributed by atoms with E-state index in [-0.39, 0.29) is 5.75 Å². The molecule has 1 aliphatic heterocycles. The molecule has 27 heavy (non-hydrogen) atoms. The largest absolute Gasteiger partial charge is 0.462 e. The van der Waals surface area contributed by atoms with E-state index in [4.69, 9.17) is 13.9 Å². The molecule has 0 bridgehead atoms. The van der Waals surface area contributed by atoms with Crippen molar-refractivity contribution in [3.05, 3.63) is 40.2 Å². The zero-order valence-electron chi connectivity index (χ0n) is 14.8. The predicted octanol–water partition coefficient (Wildman–Crippen LogP) is -0.576. The number of aliphatic hydroxyl groups excluding tert-OH is 3. The van der Waals surface area contributed by atoms with Crippen LogP contribution in [-0.2, 0) is 9.53 Å². The third-order valence-corrected chi connectivity index (χ3v) is 4.43. The van der Waals surface area contributed by atoms with Crippen LogP contribution in [0.4, 0.5) is 0 Å². The average molecular weight is 379 g/mol. The number of rotatable bonds is 4. The zero-order chi connectivity index (χ0) is 19.7. The minimum Gasteiger partial charge on any atom is -0.462 e. The van der Waals surface area contributed by atoms with Gasteiger partial charge in [0.1, 0.15) is 35.7 Å². The van der Waals surface area contributed by atoms with Crippen LogP contribution in [0.3, 0.4) is 0 Å². The van der Waals surface area contributed by atoms with Crippen LogP contribution in [0, 0.1) is 6.92 Å². The molecule has 1 amide bonds. The van der Waals surface area contributed by atoms with E-state index in [0.717, 1.165) is 10.9 Å². The van der Waals surface area contributed by atoms with Gasteiger partial charge in [0.15, 0.2) is 0 Å². The summed E-state index contributed by atoms with van der Waals surface area (Å²) in [6, 6.07) is 5.12. The van der Waals surface area contributed by atoms with Crippen molar-refractivity contribution in [2.24, 2.45) is 0 Å². The molecule has 3 unspecified atom stereocenters. The lowest BCUT2D eigenvalue weighted by Crippen LogP contribution is -2.65. The summed E-state index contributed by atoms with van der Waals surface area (Å²) in [6.07, 6.45) is -5.08. The van der Waals surface area contributed by atoms with Crippen molar-refractivity contribution in [1.29, 1.82) is 0 Å². The fourth-order valence-electron chi connectivity index (χ4n) is 3.08. The van der Waals surface area contributed by atoms with Gasteiger partial charge in [0.2, 0.25) is 12.2 Å². The molecule has 3 rings (SSSR count). The minimum absolute atomic E-state index is 0.261. The Morgan fingerprint density at radius 3 is 2.67 bits per heavy atom. The highest BCUT2D eigenvalue weighted by Crippen LogP contribution is 2.27. The first kappa shape index (κ1) is 19.3. The van der Waals surface area contributed by atoms with Gasteiger partial charge in [0, 0.05) is 24.4 Å². The standard InChI is InChI=1S/C18H21NO8/c1-8-5-14(22)26-12-6-10(3-4-11(8)12)25-18-15(19-9(2)21)17(24)16(23)13(7-20)27-18/h3-6,13,15-18,20,23-24H,7H2,1-2H3,(H,19,21)/t13?,15-,16?,17+,18?/m0/s1. The molecule has 9 nitrogen and oxygen atoms in total. The highest BCUT2D eigenvalue weighted by Gasteiger charge is 2.46. The summed E-state index contributed by atoms with van der Waals surface area (Å²) in [5, 5.41) is 32.9. The Balaban J connectivity index is 1.91. The van der Waals surface area contributed by atoms with E-state index >= 15 is 0 Å². The van der Waals surface area contributed by atoms with Crippen LogP contribution in [0.25, 0.3) is 11.0 Å². The molecule has 1 aromatic carbocycles. The monoisotopic (exact) mass is 379 g/mol. The molecule has 5 atom stereocenters. The lowest BCUT2D eigenvalue weighted by Gasteiger charge is -2.42. The minimum atomic E-state index is -1.41. The molecule has 0 saturated carbocycles. The first-order valence-corrected chi connectivity index (χ1v) is 8.41. The summed E-state index contributed by atoms with van der Waals surface area (Å²) >= 11 is 0. The number of carbonyl (C=O) groups excluding carboxylic acids is 1. The van der Waals surface area contributed by atoms with Crippen molar-refractivity contribution in [1.82, 2.24) is 5.32 Å². The predicted molar refractivity (Wildman–Crippen MR) is 93.2 cm³/mol. The molecule has 2 heterocycles. The van der Waals surface area contributed by atoms with Crippen molar-refractivity contribution in [2.75, 3.05) is 6.61 Å². The smallest absolute Gasteiger partial charge is 0.336 e. The third kappa shape index (κ3) is 3.96. The van der Waals surface area contributed by atoms with E-state index < -0.39 is 48.8 Å². The van der Waals surface area contributed by atoms with Gasteiger partial charge >= 0.3 is 5.63 Å². The summed E-state index contributed by atoms with van der Waals surface area (Å²) in [7, 11) is 0. The SMILES string of the molecule is CC(=O)N[C@@H]1C(Oc2ccc3c(C)cc(=O)oc3c2)OC(CO)C(O)[C@@H]1O. The lowest BCUT2D eigenvalue weighted by molar-refractivity contribution is -0.244. The van der Waals surface area contributed by atoms with Gasteiger partial charge in [-0.05, 0) is 24.6 Å². The van der Waals surface area contributed by atoms with Crippen LogP contribution in [0.1, 0.15) is 12.5 Å². The van der Waals surface area contributed by atoms with E-state index in [9.17, 15) is 24.9 Å². The van der Waals surface area contributed by atoms with Gasteiger partial charge in [0.25, 0.3) is 0 Å². The van der Waals surface area contributed by atoms with Gasteiger partial charge in [-0.3, -0.25) is 4.79 Å². The normalized spacial score (nSPS) is 28.1. The second-order valence-electron chi connectivity index (χ2n) is 6.46. The average Bonchev–Trinajstić information content (AvgIpc) is 2.60. The molecule has 0 aliphatic carbocycles. The molecule has 0 spiro atoms. The van der Waals surface area contributed by atoms with E-state index in [0.29, 0.717) is 5.58 Å². The molecule has 2 aromatic rings. The van der Waals surface area contributed by atoms with Crippen molar-refractivity contribution < 1.29 is 34.0 Å². The van der Waals surface area contributed by atoms with E-state index in [2.05, 4.69) is 5.32 Å². The maximum Gasteiger partial charge on any atom is 0.336 e. The van der Waals surface area contributed by atoms with Crippen molar-refractivity contribution >= 4 is 16.9 Å². The molecular formula is C18H21NO8. The highest BCUT2D eigenvalue weighted by atomic mass is 16.7. The first-order valence-electron chi connectivity index (χ1n) is 8.41. The molecular weight excluding hydrogens is 358 g/mol. The zero-order valence-corrected chi connectivity index (χ0v) is 14.8. The van der Waals surface area contributed by atoms with E-state index in [1.54, 1.807) is 19.1 Å². The molecule has 4 N–H and O–H groups in total. The number of aryl methyl sites for hydroxylation is 1. The topological polar surface area (TPSA) is 138 Å². The lowest BCUT2D eigenvalue weighted by atomic mass is 9.97. The van der Waals surface area contributed by atoms with Crippen molar-refractivity contribution in [2.45, 2.75) is 44.5 Å². The molecule has 146 valence electrons. The van der Waals surface area contributed by atoms with Crippen LogP contribution in [0.5, 0.6) is 5.75 Å². The fraction of sp³-hybridized carbons (Fsp3) is 0.444. The Labute approximate surface area is 154 Å². The van der Waals surface area contributed by atoms with E-state index in [1.807, 2.05) is 0 Å². The van der Waals surface area contributed by atoms with E-state index in [1.165, 1.54) is 19.1 Å². The quantitative estimate of drug-likeness (QED) is 0.518. The molecule has 1 aromatic heterocycles. The van der Waals surface area contributed by atoms with Gasteiger partial charge < -0.3 is 34.5 Å². The Hall–Kier alpha value is -2.46. The van der Waals surface area contributed by atoms with Crippen molar-refractivity contribution in [3.8, 4) is 5.75 Å². The second-order valence-corrected chi connectivity index (χ2v) is 6.46. The van der Waals surface area contributed by atoms with Crippen LogP contribution in [-0.4, -0.2) is 58.5 Å². The van der Waals surface area contributed by atoms with Crippen LogP contribution >= 0.6 is 0 Å². The Morgan fingerprint density at radius 2 is 2.00 bits per heavy atom. The van der Waals surface area contributed by atoms with Crippen LogP contribution in [0.15, 0.2) is 33.5 Å². The number of benzene rings is 1. The molecule has 1 saturated heterocycles. The Kier molecular flexibility index (Phi) is 5.47. The molecule has 0 radical (unpaired) electrons. The first-order chi connectivity index (χ1) is 12.8. The summed E-state index contributed by atoms with van der Waals surface area (Å²) < 4.78 is 16.4. The Bertz CT molecular complexity index is 895. The van der Waals surface area contributed by atoms with Crippen molar-refractivity contribution in [3.63, 3.8) is 0 Å². The number of aliphatic hydroxyl groups is 3.